The van der Waals surface area contributed by atoms with Crippen molar-refractivity contribution in [2.45, 2.75) is 25.5 Å². The number of aromatic nitrogens is 2. The van der Waals surface area contributed by atoms with Crippen molar-refractivity contribution in [2.24, 2.45) is 0 Å². The third-order valence-electron chi connectivity index (χ3n) is 3.72. The number of rotatable bonds is 1. The van der Waals surface area contributed by atoms with Gasteiger partial charge in [-0.1, -0.05) is 0 Å². The van der Waals surface area contributed by atoms with Crippen molar-refractivity contribution >= 4 is 0 Å². The third-order valence-corrected chi connectivity index (χ3v) is 3.72. The van der Waals surface area contributed by atoms with Crippen LogP contribution < -0.4 is 0 Å². The number of nitriles is 2. The molecule has 6 heteroatoms. The van der Waals surface area contributed by atoms with E-state index in [0.717, 1.165) is 0 Å². The van der Waals surface area contributed by atoms with Crippen molar-refractivity contribution in [3.63, 3.8) is 0 Å². The lowest BCUT2D eigenvalue weighted by atomic mass is 10.0. The van der Waals surface area contributed by atoms with E-state index in [1.54, 1.807) is 10.6 Å². The summed E-state index contributed by atoms with van der Waals surface area (Å²) in [4.78, 5) is 3.60. The Hall–Kier alpha value is -2.70. The zero-order valence-corrected chi connectivity index (χ0v) is 11.0. The molecular weight excluding hydrogens is 271 g/mol. The topological polar surface area (TPSA) is 85.6 Å². The van der Waals surface area contributed by atoms with Gasteiger partial charge in [0.2, 0.25) is 5.95 Å². The molecule has 0 spiro atoms. The van der Waals surface area contributed by atoms with Crippen LogP contribution in [-0.4, -0.2) is 14.7 Å². The van der Waals surface area contributed by atoms with Crippen LogP contribution in [0.4, 0.5) is 4.39 Å². The molecule has 104 valence electrons. The molecule has 0 saturated heterocycles. The molecule has 2 aromatic rings. The highest BCUT2D eigenvalue weighted by molar-refractivity contribution is 5.73. The van der Waals surface area contributed by atoms with Gasteiger partial charge in [0.1, 0.15) is 12.1 Å². The third kappa shape index (κ3) is 1.89. The first-order valence-corrected chi connectivity index (χ1v) is 6.54. The molecule has 5 nitrogen and oxygen atoms in total. The monoisotopic (exact) mass is 282 g/mol. The standard InChI is InChI=1S/C15H11FN4O/c16-15-9(3-1-5-19-15)13-10(7-17)11(8-18)14-12(21)4-2-6-20(13)14/h1,3,5,12,21H,2,4,6H2. The maximum Gasteiger partial charge on any atom is 0.222 e. The Morgan fingerprint density at radius 2 is 2.10 bits per heavy atom. The first-order chi connectivity index (χ1) is 10.2. The number of halogens is 1. The van der Waals surface area contributed by atoms with Crippen LogP contribution in [0, 0.1) is 28.6 Å². The number of pyridine rings is 1. The molecule has 1 aliphatic heterocycles. The number of nitrogens with zero attached hydrogens (tertiary/aromatic N) is 4. The summed E-state index contributed by atoms with van der Waals surface area (Å²) in [6, 6.07) is 7.03. The molecule has 1 unspecified atom stereocenters. The predicted octanol–water partition coefficient (Wildman–Crippen LogP) is 2.26. The van der Waals surface area contributed by atoms with Gasteiger partial charge in [0, 0.05) is 12.7 Å². The molecule has 3 rings (SSSR count). The van der Waals surface area contributed by atoms with Crippen LogP contribution in [0.25, 0.3) is 11.3 Å². The Morgan fingerprint density at radius 3 is 2.76 bits per heavy atom. The minimum Gasteiger partial charge on any atom is -0.387 e. The normalized spacial score (nSPS) is 16.9. The van der Waals surface area contributed by atoms with Crippen molar-refractivity contribution in [2.75, 3.05) is 0 Å². The zero-order chi connectivity index (χ0) is 15.0. The van der Waals surface area contributed by atoms with Gasteiger partial charge >= 0.3 is 0 Å². The smallest absolute Gasteiger partial charge is 0.222 e. The molecule has 2 aromatic heterocycles. The molecule has 0 bridgehead atoms. The van der Waals surface area contributed by atoms with Crippen LogP contribution in [0.3, 0.4) is 0 Å². The minimum absolute atomic E-state index is 0.0975. The molecule has 1 aliphatic rings. The summed E-state index contributed by atoms with van der Waals surface area (Å²) in [7, 11) is 0. The summed E-state index contributed by atoms with van der Waals surface area (Å²) in [5.74, 6) is -0.696. The summed E-state index contributed by atoms with van der Waals surface area (Å²) in [6.07, 6.45) is 1.74. The summed E-state index contributed by atoms with van der Waals surface area (Å²) in [5.41, 5.74) is 1.13. The molecule has 21 heavy (non-hydrogen) atoms. The zero-order valence-electron chi connectivity index (χ0n) is 11.0. The number of aliphatic hydroxyl groups excluding tert-OH is 1. The number of fused-ring (bicyclic) bond motifs is 1. The van der Waals surface area contributed by atoms with Crippen LogP contribution in [0.2, 0.25) is 0 Å². The first-order valence-electron chi connectivity index (χ1n) is 6.54. The second-order valence-corrected chi connectivity index (χ2v) is 4.86. The Kier molecular flexibility index (Phi) is 3.17. The predicted molar refractivity (Wildman–Crippen MR) is 71.2 cm³/mol. The van der Waals surface area contributed by atoms with Gasteiger partial charge in [0.15, 0.2) is 0 Å². The molecule has 1 atom stereocenters. The first kappa shape index (κ1) is 13.3. The highest BCUT2D eigenvalue weighted by Crippen LogP contribution is 2.38. The molecule has 0 aromatic carbocycles. The fourth-order valence-corrected chi connectivity index (χ4v) is 2.86. The largest absolute Gasteiger partial charge is 0.387 e. The van der Waals surface area contributed by atoms with Crippen LogP contribution in [0.15, 0.2) is 18.3 Å². The van der Waals surface area contributed by atoms with Gasteiger partial charge in [-0.05, 0) is 25.0 Å². The van der Waals surface area contributed by atoms with Crippen molar-refractivity contribution < 1.29 is 9.50 Å². The number of hydrogen-bond donors (Lipinski definition) is 1. The highest BCUT2D eigenvalue weighted by Gasteiger charge is 2.31. The van der Waals surface area contributed by atoms with Crippen LogP contribution in [0.5, 0.6) is 0 Å². The van der Waals surface area contributed by atoms with Gasteiger partial charge in [-0.15, -0.1) is 0 Å². The Bertz CT molecular complexity index is 797. The molecule has 0 aliphatic carbocycles. The minimum atomic E-state index is -0.811. The summed E-state index contributed by atoms with van der Waals surface area (Å²) < 4.78 is 15.7. The summed E-state index contributed by atoms with van der Waals surface area (Å²) >= 11 is 0. The van der Waals surface area contributed by atoms with Gasteiger partial charge in [-0.2, -0.15) is 14.9 Å². The molecule has 3 heterocycles. The molecule has 0 radical (unpaired) electrons. The molecule has 0 amide bonds. The maximum absolute atomic E-state index is 14.0. The van der Waals surface area contributed by atoms with Crippen LogP contribution >= 0.6 is 0 Å². The fourth-order valence-electron chi connectivity index (χ4n) is 2.86. The molecule has 1 N–H and O–H groups in total. The van der Waals surface area contributed by atoms with E-state index in [1.807, 2.05) is 12.1 Å². The van der Waals surface area contributed by atoms with E-state index in [1.165, 1.54) is 12.3 Å². The molecule has 0 fully saturated rings. The number of aliphatic hydroxyl groups is 1. The van der Waals surface area contributed by atoms with E-state index in [9.17, 15) is 20.0 Å². The second kappa shape index (κ2) is 5.01. The summed E-state index contributed by atoms with van der Waals surface area (Å²) in [5, 5.41) is 28.8. The van der Waals surface area contributed by atoms with E-state index < -0.39 is 12.1 Å². The lowest BCUT2D eigenvalue weighted by Crippen LogP contribution is -2.16. The van der Waals surface area contributed by atoms with E-state index >= 15 is 0 Å². The van der Waals surface area contributed by atoms with Crippen LogP contribution in [0.1, 0.15) is 35.8 Å². The average molecular weight is 282 g/mol. The van der Waals surface area contributed by atoms with Gasteiger partial charge in [-0.3, -0.25) is 0 Å². The van der Waals surface area contributed by atoms with Gasteiger partial charge in [0.25, 0.3) is 0 Å². The lowest BCUT2D eigenvalue weighted by Gasteiger charge is -2.22. The van der Waals surface area contributed by atoms with Gasteiger partial charge in [0.05, 0.1) is 34.2 Å². The SMILES string of the molecule is N#Cc1c(C#N)c2n(c1-c1cccnc1F)CCCC2O. The maximum atomic E-state index is 14.0. The quantitative estimate of drug-likeness (QED) is 0.813. The van der Waals surface area contributed by atoms with Crippen LogP contribution in [-0.2, 0) is 6.54 Å². The lowest BCUT2D eigenvalue weighted by molar-refractivity contribution is 0.139. The Balaban J connectivity index is 2.39. The highest BCUT2D eigenvalue weighted by atomic mass is 19.1. The van der Waals surface area contributed by atoms with E-state index in [4.69, 9.17) is 0 Å². The van der Waals surface area contributed by atoms with Gasteiger partial charge in [-0.25, -0.2) is 4.98 Å². The van der Waals surface area contributed by atoms with Crippen molar-refractivity contribution in [3.8, 4) is 23.4 Å². The van der Waals surface area contributed by atoms with Crippen molar-refractivity contribution in [3.05, 3.63) is 41.1 Å². The molecule has 0 saturated carbocycles. The van der Waals surface area contributed by atoms with Gasteiger partial charge < -0.3 is 9.67 Å². The van der Waals surface area contributed by atoms with E-state index in [0.29, 0.717) is 30.8 Å². The average Bonchev–Trinajstić information content (AvgIpc) is 2.82. The Labute approximate surface area is 120 Å². The number of hydrogen-bond acceptors (Lipinski definition) is 4. The molecular formula is C15H11FN4O. The van der Waals surface area contributed by atoms with Crippen molar-refractivity contribution in [1.82, 2.24) is 9.55 Å². The van der Waals surface area contributed by atoms with Crippen molar-refractivity contribution in [1.29, 1.82) is 10.5 Å². The fraction of sp³-hybridized carbons (Fsp3) is 0.267. The van der Waals surface area contributed by atoms with E-state index in [2.05, 4.69) is 4.98 Å². The Morgan fingerprint density at radius 1 is 1.33 bits per heavy atom. The second-order valence-electron chi connectivity index (χ2n) is 4.86. The van der Waals surface area contributed by atoms with E-state index in [-0.39, 0.29) is 16.7 Å². The summed E-state index contributed by atoms with van der Waals surface area (Å²) in [6.45, 7) is 0.534.